The zero-order valence-electron chi connectivity index (χ0n) is 15.8. The van der Waals surface area contributed by atoms with E-state index in [-0.39, 0.29) is 6.10 Å². The van der Waals surface area contributed by atoms with E-state index in [1.807, 2.05) is 12.1 Å². The standard InChI is InChI=1S/C22H25ClO6/c23-16-8-6-14(22-21(27)20(26)19(25)18(11-24)29-22)10-17(16)28-15-7-5-12-3-1-2-4-13(12)9-15/h1-4,6,8,10,15,18-22,24-27H,5,7,9,11H2/t15?,18-,19-,20+,21-,22+/m1/s1. The van der Waals surface area contributed by atoms with Crippen LogP contribution in [0.15, 0.2) is 42.5 Å². The van der Waals surface area contributed by atoms with Crippen molar-refractivity contribution >= 4 is 11.6 Å². The van der Waals surface area contributed by atoms with E-state index in [2.05, 4.69) is 12.1 Å². The largest absolute Gasteiger partial charge is 0.489 e. The van der Waals surface area contributed by atoms with Crippen molar-refractivity contribution < 1.29 is 29.9 Å². The van der Waals surface area contributed by atoms with Crippen LogP contribution in [0.5, 0.6) is 5.75 Å². The van der Waals surface area contributed by atoms with Gasteiger partial charge in [0, 0.05) is 6.42 Å². The number of aliphatic hydroxyl groups excluding tert-OH is 4. The molecule has 0 saturated carbocycles. The van der Waals surface area contributed by atoms with Gasteiger partial charge in [-0.3, -0.25) is 0 Å². The summed E-state index contributed by atoms with van der Waals surface area (Å²) in [5.41, 5.74) is 3.16. The van der Waals surface area contributed by atoms with E-state index >= 15 is 0 Å². The maximum atomic E-state index is 10.4. The Labute approximate surface area is 174 Å². The van der Waals surface area contributed by atoms with Crippen molar-refractivity contribution in [3.05, 3.63) is 64.2 Å². The maximum absolute atomic E-state index is 10.4. The molecule has 6 atom stereocenters. The Hall–Kier alpha value is -1.67. The summed E-state index contributed by atoms with van der Waals surface area (Å²) in [6, 6.07) is 13.3. The number of benzene rings is 2. The molecular weight excluding hydrogens is 396 g/mol. The highest BCUT2D eigenvalue weighted by atomic mass is 35.5. The molecule has 0 spiro atoms. The van der Waals surface area contributed by atoms with E-state index in [0.717, 1.165) is 19.3 Å². The van der Waals surface area contributed by atoms with Gasteiger partial charge in [-0.25, -0.2) is 0 Å². The fourth-order valence-corrected chi connectivity index (χ4v) is 4.27. The molecule has 1 aliphatic carbocycles. The first-order valence-corrected chi connectivity index (χ1v) is 10.2. The lowest BCUT2D eigenvalue weighted by molar-refractivity contribution is -0.231. The molecule has 1 aliphatic heterocycles. The number of hydrogen-bond acceptors (Lipinski definition) is 6. The van der Waals surface area contributed by atoms with Crippen LogP contribution >= 0.6 is 11.6 Å². The highest BCUT2D eigenvalue weighted by Crippen LogP contribution is 2.37. The highest BCUT2D eigenvalue weighted by molar-refractivity contribution is 6.32. The molecule has 0 aromatic heterocycles. The summed E-state index contributed by atoms with van der Waals surface area (Å²) in [4.78, 5) is 0. The van der Waals surface area contributed by atoms with Crippen LogP contribution in [0.2, 0.25) is 5.02 Å². The first-order chi connectivity index (χ1) is 14.0. The molecule has 29 heavy (non-hydrogen) atoms. The van der Waals surface area contributed by atoms with Crippen molar-refractivity contribution in [2.24, 2.45) is 0 Å². The number of aliphatic hydroxyl groups is 4. The van der Waals surface area contributed by atoms with Crippen LogP contribution in [0.1, 0.15) is 29.2 Å². The first-order valence-electron chi connectivity index (χ1n) is 9.81. The summed E-state index contributed by atoms with van der Waals surface area (Å²) >= 11 is 6.34. The molecule has 2 aromatic rings. The molecule has 0 bridgehead atoms. The molecule has 1 saturated heterocycles. The monoisotopic (exact) mass is 420 g/mol. The lowest BCUT2D eigenvalue weighted by Gasteiger charge is -2.40. The molecule has 1 heterocycles. The third-order valence-electron chi connectivity index (χ3n) is 5.77. The number of aryl methyl sites for hydroxylation is 1. The lowest BCUT2D eigenvalue weighted by Crippen LogP contribution is -2.55. The fourth-order valence-electron chi connectivity index (χ4n) is 4.11. The quantitative estimate of drug-likeness (QED) is 0.602. The summed E-state index contributed by atoms with van der Waals surface area (Å²) in [5, 5.41) is 40.3. The Bertz CT molecular complexity index is 857. The third kappa shape index (κ3) is 4.14. The zero-order chi connectivity index (χ0) is 20.5. The van der Waals surface area contributed by atoms with E-state index in [4.69, 9.17) is 21.1 Å². The Morgan fingerprint density at radius 1 is 1.00 bits per heavy atom. The smallest absolute Gasteiger partial charge is 0.138 e. The molecule has 4 rings (SSSR count). The van der Waals surface area contributed by atoms with Gasteiger partial charge in [-0.05, 0) is 41.7 Å². The van der Waals surface area contributed by atoms with Gasteiger partial charge in [-0.1, -0.05) is 41.9 Å². The van der Waals surface area contributed by atoms with Crippen molar-refractivity contribution in [1.29, 1.82) is 0 Å². The van der Waals surface area contributed by atoms with Gasteiger partial charge < -0.3 is 29.9 Å². The maximum Gasteiger partial charge on any atom is 0.138 e. The SMILES string of the molecule is OC[C@H]1O[C@@H](c2ccc(Cl)c(OC3CCc4ccccc4C3)c2)[C@H](O)[C@@H](O)[C@@H]1O. The van der Waals surface area contributed by atoms with E-state index in [9.17, 15) is 20.4 Å². The predicted molar refractivity (Wildman–Crippen MR) is 107 cm³/mol. The zero-order valence-corrected chi connectivity index (χ0v) is 16.6. The van der Waals surface area contributed by atoms with Crippen molar-refractivity contribution in [2.45, 2.75) is 55.9 Å². The van der Waals surface area contributed by atoms with Crippen LogP contribution in [0, 0.1) is 0 Å². The van der Waals surface area contributed by atoms with Crippen LogP contribution < -0.4 is 4.74 Å². The summed E-state index contributed by atoms with van der Waals surface area (Å²) in [6.07, 6.45) is -3.47. The van der Waals surface area contributed by atoms with E-state index in [1.165, 1.54) is 11.1 Å². The van der Waals surface area contributed by atoms with Crippen LogP contribution in [0.4, 0.5) is 0 Å². The normalized spacial score (nSPS) is 31.9. The van der Waals surface area contributed by atoms with Gasteiger partial charge in [-0.15, -0.1) is 0 Å². The molecule has 2 aromatic carbocycles. The molecule has 1 unspecified atom stereocenters. The summed E-state index contributed by atoms with van der Waals surface area (Å²) < 4.78 is 11.8. The Morgan fingerprint density at radius 2 is 1.76 bits per heavy atom. The van der Waals surface area contributed by atoms with Crippen LogP contribution in [0.3, 0.4) is 0 Å². The van der Waals surface area contributed by atoms with Crippen molar-refractivity contribution in [3.8, 4) is 5.75 Å². The Kier molecular flexibility index (Phi) is 6.11. The molecule has 7 heteroatoms. The number of rotatable bonds is 4. The van der Waals surface area contributed by atoms with Gasteiger partial charge in [0.1, 0.15) is 42.4 Å². The molecule has 4 N–H and O–H groups in total. The fraction of sp³-hybridized carbons (Fsp3) is 0.455. The second-order valence-electron chi connectivity index (χ2n) is 7.69. The van der Waals surface area contributed by atoms with Crippen LogP contribution in [-0.2, 0) is 17.6 Å². The van der Waals surface area contributed by atoms with Crippen LogP contribution in [-0.4, -0.2) is 57.6 Å². The second kappa shape index (κ2) is 8.60. The van der Waals surface area contributed by atoms with E-state index < -0.39 is 37.1 Å². The molecule has 2 aliphatic rings. The molecular formula is C22H25ClO6. The van der Waals surface area contributed by atoms with Gasteiger partial charge in [0.2, 0.25) is 0 Å². The minimum atomic E-state index is -1.43. The van der Waals surface area contributed by atoms with Gasteiger partial charge in [0.25, 0.3) is 0 Å². The molecule has 6 nitrogen and oxygen atoms in total. The summed E-state index contributed by atoms with van der Waals surface area (Å²) in [5.74, 6) is 0.477. The summed E-state index contributed by atoms with van der Waals surface area (Å²) in [6.45, 7) is -0.472. The average molecular weight is 421 g/mol. The minimum Gasteiger partial charge on any atom is -0.489 e. The van der Waals surface area contributed by atoms with Crippen LogP contribution in [0.25, 0.3) is 0 Å². The number of ether oxygens (including phenoxy) is 2. The molecule has 1 fully saturated rings. The minimum absolute atomic E-state index is 0.0209. The Morgan fingerprint density at radius 3 is 2.52 bits per heavy atom. The van der Waals surface area contributed by atoms with Gasteiger partial charge in [0.05, 0.1) is 11.6 Å². The molecule has 0 radical (unpaired) electrons. The lowest BCUT2D eigenvalue weighted by atomic mass is 9.89. The van der Waals surface area contributed by atoms with Gasteiger partial charge in [-0.2, -0.15) is 0 Å². The van der Waals surface area contributed by atoms with E-state index in [1.54, 1.807) is 18.2 Å². The van der Waals surface area contributed by atoms with Crippen molar-refractivity contribution in [2.75, 3.05) is 6.61 Å². The molecule has 0 amide bonds. The second-order valence-corrected chi connectivity index (χ2v) is 8.10. The van der Waals surface area contributed by atoms with Crippen molar-refractivity contribution in [1.82, 2.24) is 0 Å². The third-order valence-corrected chi connectivity index (χ3v) is 6.08. The number of halogens is 1. The topological polar surface area (TPSA) is 99.4 Å². The first kappa shape index (κ1) is 20.6. The Balaban J connectivity index is 1.54. The number of fused-ring (bicyclic) bond motifs is 1. The average Bonchev–Trinajstić information content (AvgIpc) is 2.74. The number of hydrogen-bond donors (Lipinski definition) is 4. The van der Waals surface area contributed by atoms with Gasteiger partial charge in [0.15, 0.2) is 0 Å². The van der Waals surface area contributed by atoms with Gasteiger partial charge >= 0.3 is 0 Å². The van der Waals surface area contributed by atoms with E-state index in [0.29, 0.717) is 16.3 Å². The van der Waals surface area contributed by atoms with Crippen molar-refractivity contribution in [3.63, 3.8) is 0 Å². The highest BCUT2D eigenvalue weighted by Gasteiger charge is 2.44. The molecule has 156 valence electrons. The predicted octanol–water partition coefficient (Wildman–Crippen LogP) is 1.79. The summed E-state index contributed by atoms with van der Waals surface area (Å²) in [7, 11) is 0.